The van der Waals surface area contributed by atoms with Crippen molar-refractivity contribution in [2.24, 2.45) is 7.05 Å². The molecule has 0 radical (unpaired) electrons. The Kier molecular flexibility index (Phi) is 4.62. The van der Waals surface area contributed by atoms with Crippen LogP contribution >= 0.6 is 0 Å². The largest absolute Gasteiger partial charge is 0.573 e. The molecule has 0 atom stereocenters. The Morgan fingerprint density at radius 2 is 1.93 bits per heavy atom. The van der Waals surface area contributed by atoms with E-state index in [0.717, 1.165) is 17.7 Å². The first-order valence-corrected chi connectivity index (χ1v) is 9.59. The molecule has 0 fully saturated rings. The highest BCUT2D eigenvalue weighted by Gasteiger charge is 2.32. The van der Waals surface area contributed by atoms with Crippen LogP contribution < -0.4 is 4.74 Å². The number of nitrogens with zero attached hydrogens (tertiary/aromatic N) is 3. The molecule has 0 amide bonds. The number of imidazole rings is 1. The molecule has 0 bridgehead atoms. The molecule has 6 nitrogen and oxygen atoms in total. The molecule has 2 heterocycles. The van der Waals surface area contributed by atoms with Crippen molar-refractivity contribution in [3.63, 3.8) is 0 Å². The maximum Gasteiger partial charge on any atom is 0.573 e. The van der Waals surface area contributed by atoms with E-state index >= 15 is 0 Å². The molecule has 0 unspecified atom stereocenters. The molecule has 0 aliphatic carbocycles. The lowest BCUT2D eigenvalue weighted by Gasteiger charge is -2.13. The van der Waals surface area contributed by atoms with Gasteiger partial charge in [-0.25, -0.2) is 18.4 Å². The van der Waals surface area contributed by atoms with E-state index in [1.807, 2.05) is 6.92 Å². The fraction of sp³-hybridized carbons (Fsp3) is 0.294. The van der Waals surface area contributed by atoms with Gasteiger partial charge in [-0.15, -0.1) is 13.2 Å². The third-order valence-electron chi connectivity index (χ3n) is 3.99. The zero-order valence-electron chi connectivity index (χ0n) is 14.7. The van der Waals surface area contributed by atoms with Gasteiger partial charge in [-0.3, -0.25) is 0 Å². The van der Waals surface area contributed by atoms with Crippen LogP contribution in [0.1, 0.15) is 12.5 Å². The first-order chi connectivity index (χ1) is 12.5. The predicted octanol–water partition coefficient (Wildman–Crippen LogP) is 3.64. The minimum atomic E-state index is -4.92. The molecule has 27 heavy (non-hydrogen) atoms. The lowest BCUT2D eigenvalue weighted by molar-refractivity contribution is -0.274. The molecular weight excluding hydrogens is 383 g/mol. The van der Waals surface area contributed by atoms with Crippen molar-refractivity contribution in [1.29, 1.82) is 0 Å². The third kappa shape index (κ3) is 3.75. The monoisotopic (exact) mass is 399 g/mol. The molecule has 0 saturated heterocycles. The van der Waals surface area contributed by atoms with Gasteiger partial charge in [0.25, 0.3) is 0 Å². The molecule has 10 heteroatoms. The second-order valence-corrected chi connectivity index (χ2v) is 8.21. The zero-order valence-corrected chi connectivity index (χ0v) is 15.5. The van der Waals surface area contributed by atoms with E-state index in [-0.39, 0.29) is 22.0 Å². The molecule has 2 aromatic heterocycles. The predicted molar refractivity (Wildman–Crippen MR) is 93.1 cm³/mol. The summed E-state index contributed by atoms with van der Waals surface area (Å²) in [5, 5.41) is 0. The average molecular weight is 399 g/mol. The van der Waals surface area contributed by atoms with E-state index in [1.54, 1.807) is 23.9 Å². The summed E-state index contributed by atoms with van der Waals surface area (Å²) < 4.78 is 68.0. The Morgan fingerprint density at radius 1 is 1.22 bits per heavy atom. The van der Waals surface area contributed by atoms with Crippen molar-refractivity contribution < 1.29 is 26.3 Å². The Labute approximate surface area is 153 Å². The van der Waals surface area contributed by atoms with Crippen molar-refractivity contribution in [3.8, 4) is 17.1 Å². The Hall–Kier alpha value is -2.62. The normalized spacial score (nSPS) is 12.5. The number of benzene rings is 1. The Morgan fingerprint density at radius 3 is 2.56 bits per heavy atom. The minimum Gasteiger partial charge on any atom is -0.406 e. The van der Waals surface area contributed by atoms with Gasteiger partial charge >= 0.3 is 6.36 Å². The maximum atomic E-state index is 12.5. The summed E-state index contributed by atoms with van der Waals surface area (Å²) in [5.41, 5.74) is 2.15. The first-order valence-electron chi connectivity index (χ1n) is 7.94. The van der Waals surface area contributed by atoms with Crippen LogP contribution in [-0.4, -0.2) is 35.1 Å². The Bertz CT molecular complexity index is 1120. The number of fused-ring (bicyclic) bond motifs is 1. The number of hydrogen-bond donors (Lipinski definition) is 0. The number of hydrogen-bond acceptors (Lipinski definition) is 5. The molecule has 3 rings (SSSR count). The van der Waals surface area contributed by atoms with E-state index in [9.17, 15) is 21.6 Å². The van der Waals surface area contributed by atoms with Crippen LogP contribution in [0.25, 0.3) is 22.6 Å². The molecule has 0 aliphatic heterocycles. The van der Waals surface area contributed by atoms with E-state index in [2.05, 4.69) is 14.7 Å². The van der Waals surface area contributed by atoms with Gasteiger partial charge < -0.3 is 9.30 Å². The van der Waals surface area contributed by atoms with Crippen molar-refractivity contribution in [3.05, 3.63) is 36.0 Å². The second kappa shape index (κ2) is 6.52. The summed E-state index contributed by atoms with van der Waals surface area (Å²) >= 11 is 0. The summed E-state index contributed by atoms with van der Waals surface area (Å²) in [6.45, 7) is 3.26. The molecule has 1 aromatic carbocycles. The van der Waals surface area contributed by atoms with Gasteiger partial charge in [-0.2, -0.15) is 0 Å². The van der Waals surface area contributed by atoms with Crippen molar-refractivity contribution in [1.82, 2.24) is 14.5 Å². The van der Waals surface area contributed by atoms with Gasteiger partial charge in [0.15, 0.2) is 15.5 Å². The van der Waals surface area contributed by atoms with E-state index in [0.29, 0.717) is 11.2 Å². The summed E-state index contributed by atoms with van der Waals surface area (Å²) in [5.74, 6) is -0.601. The van der Waals surface area contributed by atoms with E-state index in [1.165, 1.54) is 13.0 Å². The Balaban J connectivity index is 2.25. The number of aromatic nitrogens is 3. The van der Waals surface area contributed by atoms with E-state index in [4.69, 9.17) is 0 Å². The van der Waals surface area contributed by atoms with Crippen molar-refractivity contribution in [2.75, 3.05) is 5.75 Å². The van der Waals surface area contributed by atoms with Crippen LogP contribution in [0.5, 0.6) is 5.75 Å². The number of halogens is 3. The van der Waals surface area contributed by atoms with Gasteiger partial charge in [0.05, 0.1) is 10.6 Å². The summed E-state index contributed by atoms with van der Waals surface area (Å²) in [4.78, 5) is 8.44. The molecule has 144 valence electrons. The highest BCUT2D eigenvalue weighted by atomic mass is 32.2. The van der Waals surface area contributed by atoms with Crippen LogP contribution in [0.2, 0.25) is 0 Å². The van der Waals surface area contributed by atoms with Gasteiger partial charge in [-0.05, 0) is 36.8 Å². The van der Waals surface area contributed by atoms with Gasteiger partial charge in [-0.1, -0.05) is 6.92 Å². The van der Waals surface area contributed by atoms with Crippen molar-refractivity contribution in [2.45, 2.75) is 25.1 Å². The van der Waals surface area contributed by atoms with Gasteiger partial charge in [0.2, 0.25) is 0 Å². The zero-order chi connectivity index (χ0) is 20.0. The molecule has 0 spiro atoms. The minimum absolute atomic E-state index is 0.185. The lowest BCUT2D eigenvalue weighted by atomic mass is 10.2. The van der Waals surface area contributed by atoms with Crippen LogP contribution in [0, 0.1) is 6.92 Å². The molecule has 0 saturated carbocycles. The van der Waals surface area contributed by atoms with Crippen LogP contribution in [0.4, 0.5) is 13.2 Å². The highest BCUT2D eigenvalue weighted by Crippen LogP contribution is 2.34. The standard InChI is InChI=1S/C17H16F3N3O3S/c1-4-27(24,25)14-8-11(26-17(18,19)20)5-6-12(14)15-22-13-7-10(2)9-21-16(13)23(15)3/h5-9H,4H2,1-3H3. The van der Waals surface area contributed by atoms with Crippen LogP contribution in [0.3, 0.4) is 0 Å². The first kappa shape index (κ1) is 19.2. The van der Waals surface area contributed by atoms with Crippen molar-refractivity contribution >= 4 is 21.0 Å². The molecule has 0 aliphatic rings. The maximum absolute atomic E-state index is 12.5. The van der Waals surface area contributed by atoms with Crippen LogP contribution in [-0.2, 0) is 16.9 Å². The fourth-order valence-corrected chi connectivity index (χ4v) is 3.82. The topological polar surface area (TPSA) is 74.1 Å². The second-order valence-electron chi connectivity index (χ2n) is 5.96. The SMILES string of the molecule is CCS(=O)(=O)c1cc(OC(F)(F)F)ccc1-c1nc2cc(C)cnc2n1C. The third-order valence-corrected chi connectivity index (χ3v) is 5.76. The molecule has 3 aromatic rings. The highest BCUT2D eigenvalue weighted by molar-refractivity contribution is 7.91. The molecular formula is C17H16F3N3O3S. The average Bonchev–Trinajstić information content (AvgIpc) is 2.89. The summed E-state index contributed by atoms with van der Waals surface area (Å²) in [7, 11) is -2.18. The van der Waals surface area contributed by atoms with Crippen LogP contribution in [0.15, 0.2) is 35.4 Å². The number of alkyl halides is 3. The summed E-state index contributed by atoms with van der Waals surface area (Å²) in [6.07, 6.45) is -3.27. The summed E-state index contributed by atoms with van der Waals surface area (Å²) in [6, 6.07) is 4.99. The lowest BCUT2D eigenvalue weighted by Crippen LogP contribution is -2.17. The number of ether oxygens (including phenoxy) is 1. The quantitative estimate of drug-likeness (QED) is 0.670. The number of sulfone groups is 1. The fourth-order valence-electron chi connectivity index (χ4n) is 2.71. The van der Waals surface area contributed by atoms with Gasteiger partial charge in [0.1, 0.15) is 17.1 Å². The van der Waals surface area contributed by atoms with E-state index < -0.39 is 21.9 Å². The molecule has 0 N–H and O–H groups in total. The number of aryl methyl sites for hydroxylation is 2. The number of rotatable bonds is 4. The van der Waals surface area contributed by atoms with Gasteiger partial charge in [0, 0.05) is 18.8 Å². The smallest absolute Gasteiger partial charge is 0.406 e. The number of pyridine rings is 1.